The molecule has 2 aliphatic rings. The number of nitrogens with two attached hydrogens (primary N) is 1. The first kappa shape index (κ1) is 18.5. The number of primary sulfonamides is 1. The molecule has 5 rings (SSSR count). The third kappa shape index (κ3) is 3.19. The predicted octanol–water partition coefficient (Wildman–Crippen LogP) is 1.56. The quantitative estimate of drug-likeness (QED) is 0.599. The van der Waals surface area contributed by atoms with Gasteiger partial charge in [0.2, 0.25) is 10.0 Å². The van der Waals surface area contributed by atoms with Gasteiger partial charge in [-0.3, -0.25) is 0 Å². The van der Waals surface area contributed by atoms with Crippen LogP contribution in [0, 0.1) is 0 Å². The summed E-state index contributed by atoms with van der Waals surface area (Å²) < 4.78 is 24.8. The van der Waals surface area contributed by atoms with Gasteiger partial charge in [0.25, 0.3) is 0 Å². The lowest BCUT2D eigenvalue weighted by Crippen LogP contribution is -2.39. The smallest absolute Gasteiger partial charge is 0.238 e. The van der Waals surface area contributed by atoms with Gasteiger partial charge in [-0.2, -0.15) is 9.61 Å². The van der Waals surface area contributed by atoms with Crippen molar-refractivity contribution in [3.8, 4) is 0 Å². The van der Waals surface area contributed by atoms with Crippen molar-refractivity contribution in [2.24, 2.45) is 5.14 Å². The summed E-state index contributed by atoms with van der Waals surface area (Å²) in [5.41, 5.74) is 4.47. The van der Waals surface area contributed by atoms with E-state index in [1.54, 1.807) is 18.3 Å². The van der Waals surface area contributed by atoms with Crippen molar-refractivity contribution in [2.45, 2.75) is 42.5 Å². The molecular formula is C20H24N6O2S. The number of nitrogens with one attached hydrogen (secondary N) is 2. The highest BCUT2D eigenvalue weighted by Crippen LogP contribution is 2.46. The highest BCUT2D eigenvalue weighted by Gasteiger charge is 2.42. The molecule has 1 aliphatic carbocycles. The zero-order valence-electron chi connectivity index (χ0n) is 16.1. The molecule has 1 saturated heterocycles. The zero-order chi connectivity index (χ0) is 20.1. The number of hydrogen-bond donors (Lipinski definition) is 3. The first-order valence-corrected chi connectivity index (χ1v) is 11.4. The van der Waals surface area contributed by atoms with Crippen LogP contribution < -0.4 is 15.8 Å². The first-order valence-electron chi connectivity index (χ1n) is 9.90. The summed E-state index contributed by atoms with van der Waals surface area (Å²) in [6.07, 6.45) is 6.13. The molecule has 1 aromatic carbocycles. The Balaban J connectivity index is 1.48. The summed E-state index contributed by atoms with van der Waals surface area (Å²) in [4.78, 5) is 5.12. The molecule has 9 heteroatoms. The van der Waals surface area contributed by atoms with Crippen LogP contribution in [-0.4, -0.2) is 36.1 Å². The van der Waals surface area contributed by atoms with Gasteiger partial charge in [0.15, 0.2) is 5.65 Å². The van der Waals surface area contributed by atoms with Crippen LogP contribution in [0.3, 0.4) is 0 Å². The summed E-state index contributed by atoms with van der Waals surface area (Å²) in [5.74, 6) is 0.987. The normalized spacial score (nSPS) is 18.2. The molecule has 1 spiro atoms. The van der Waals surface area contributed by atoms with Crippen LogP contribution in [0.4, 0.5) is 5.82 Å². The lowest BCUT2D eigenvalue weighted by molar-refractivity contribution is 0.301. The molecule has 3 aromatic rings. The Morgan fingerprint density at radius 2 is 1.90 bits per heavy atom. The number of piperidine rings is 1. The molecule has 3 heterocycles. The van der Waals surface area contributed by atoms with Gasteiger partial charge in [-0.15, -0.1) is 0 Å². The number of hydrogen-bond acceptors (Lipinski definition) is 6. The molecule has 1 fully saturated rings. The number of anilines is 1. The number of aromatic nitrogens is 3. The van der Waals surface area contributed by atoms with E-state index in [-0.39, 0.29) is 10.3 Å². The van der Waals surface area contributed by atoms with Crippen molar-refractivity contribution in [2.75, 3.05) is 18.4 Å². The number of sulfonamides is 1. The Hall–Kier alpha value is -2.49. The molecule has 2 aromatic heterocycles. The molecular weight excluding hydrogens is 388 g/mol. The summed E-state index contributed by atoms with van der Waals surface area (Å²) in [7, 11) is -3.68. The maximum Gasteiger partial charge on any atom is 0.238 e. The lowest BCUT2D eigenvalue weighted by Gasteiger charge is -2.34. The fourth-order valence-corrected chi connectivity index (χ4v) is 5.21. The van der Waals surface area contributed by atoms with Crippen LogP contribution >= 0.6 is 0 Å². The van der Waals surface area contributed by atoms with E-state index >= 15 is 0 Å². The van der Waals surface area contributed by atoms with Crippen LogP contribution in [0.2, 0.25) is 0 Å². The fourth-order valence-electron chi connectivity index (χ4n) is 4.69. The van der Waals surface area contributed by atoms with Gasteiger partial charge in [0.05, 0.1) is 16.8 Å². The van der Waals surface area contributed by atoms with E-state index in [0.29, 0.717) is 6.54 Å². The second kappa shape index (κ2) is 6.79. The Kier molecular flexibility index (Phi) is 4.34. The highest BCUT2D eigenvalue weighted by molar-refractivity contribution is 7.89. The Bertz CT molecular complexity index is 1160. The van der Waals surface area contributed by atoms with Gasteiger partial charge in [0.1, 0.15) is 5.82 Å². The Morgan fingerprint density at radius 1 is 1.14 bits per heavy atom. The van der Waals surface area contributed by atoms with Gasteiger partial charge in [-0.05, 0) is 56.5 Å². The zero-order valence-corrected chi connectivity index (χ0v) is 16.9. The van der Waals surface area contributed by atoms with Crippen LogP contribution in [0.15, 0.2) is 41.4 Å². The second-order valence-corrected chi connectivity index (χ2v) is 9.52. The largest absolute Gasteiger partial charge is 0.366 e. The summed E-state index contributed by atoms with van der Waals surface area (Å²) in [5, 5.41) is 16.7. The fraction of sp³-hybridized carbons (Fsp3) is 0.400. The van der Waals surface area contributed by atoms with E-state index in [1.165, 1.54) is 23.4 Å². The first-order chi connectivity index (χ1) is 14.0. The van der Waals surface area contributed by atoms with E-state index in [9.17, 15) is 8.42 Å². The lowest BCUT2D eigenvalue weighted by atomic mass is 9.77. The minimum absolute atomic E-state index is 0.119. The van der Waals surface area contributed by atoms with E-state index in [1.807, 2.05) is 10.6 Å². The minimum atomic E-state index is -3.68. The summed E-state index contributed by atoms with van der Waals surface area (Å²) in [6, 6.07) is 8.58. The second-order valence-electron chi connectivity index (χ2n) is 7.96. The van der Waals surface area contributed by atoms with Crippen molar-refractivity contribution in [1.82, 2.24) is 19.9 Å². The van der Waals surface area contributed by atoms with Gasteiger partial charge in [0, 0.05) is 23.6 Å². The molecule has 8 nitrogen and oxygen atoms in total. The molecule has 29 heavy (non-hydrogen) atoms. The highest BCUT2D eigenvalue weighted by atomic mass is 32.2. The SMILES string of the molecule is NS(=O)(=O)c1ccc(CNc2c3c(nc4ccnn24)C2(CCNCC2)CC3)cc1. The third-order valence-electron chi connectivity index (χ3n) is 6.26. The monoisotopic (exact) mass is 412 g/mol. The molecule has 1 aliphatic heterocycles. The van der Waals surface area contributed by atoms with Gasteiger partial charge in [-0.1, -0.05) is 12.1 Å². The van der Waals surface area contributed by atoms with E-state index in [0.717, 1.165) is 55.8 Å². The van der Waals surface area contributed by atoms with Crippen molar-refractivity contribution >= 4 is 21.5 Å². The standard InChI is InChI=1S/C20H24N6O2S/c21-29(27,28)15-3-1-14(2-4-15)13-23-19-16-5-7-20(8-11-22-12-9-20)18(16)25-17-6-10-24-26(17)19/h1-4,6,10,22-23H,5,7-9,11-13H2,(H2,21,27,28). The number of rotatable bonds is 4. The predicted molar refractivity (Wildman–Crippen MR) is 110 cm³/mol. The molecule has 152 valence electrons. The maximum absolute atomic E-state index is 11.5. The average molecular weight is 413 g/mol. The van der Waals surface area contributed by atoms with Crippen LogP contribution in [-0.2, 0) is 28.4 Å². The Morgan fingerprint density at radius 3 is 2.62 bits per heavy atom. The number of fused-ring (bicyclic) bond motifs is 3. The third-order valence-corrected chi connectivity index (χ3v) is 7.19. The average Bonchev–Trinajstić information content (AvgIpc) is 3.31. The summed E-state index contributed by atoms with van der Waals surface area (Å²) >= 11 is 0. The molecule has 0 saturated carbocycles. The van der Waals surface area contributed by atoms with Gasteiger partial charge < -0.3 is 10.6 Å². The van der Waals surface area contributed by atoms with E-state index in [2.05, 4.69) is 15.7 Å². The van der Waals surface area contributed by atoms with Crippen LogP contribution in [0.1, 0.15) is 36.1 Å². The van der Waals surface area contributed by atoms with Crippen molar-refractivity contribution in [1.29, 1.82) is 0 Å². The van der Waals surface area contributed by atoms with Crippen LogP contribution in [0.25, 0.3) is 5.65 Å². The van der Waals surface area contributed by atoms with E-state index < -0.39 is 10.0 Å². The molecule has 0 bridgehead atoms. The maximum atomic E-state index is 11.5. The van der Waals surface area contributed by atoms with Crippen molar-refractivity contribution in [3.63, 3.8) is 0 Å². The van der Waals surface area contributed by atoms with Crippen molar-refractivity contribution in [3.05, 3.63) is 53.3 Å². The molecule has 0 unspecified atom stereocenters. The molecule has 4 N–H and O–H groups in total. The van der Waals surface area contributed by atoms with Gasteiger partial charge in [-0.25, -0.2) is 18.5 Å². The van der Waals surface area contributed by atoms with Crippen LogP contribution in [0.5, 0.6) is 0 Å². The minimum Gasteiger partial charge on any atom is -0.366 e. The molecule has 0 radical (unpaired) electrons. The van der Waals surface area contributed by atoms with E-state index in [4.69, 9.17) is 10.1 Å². The number of benzene rings is 1. The number of nitrogens with zero attached hydrogens (tertiary/aromatic N) is 3. The topological polar surface area (TPSA) is 114 Å². The van der Waals surface area contributed by atoms with Crippen molar-refractivity contribution < 1.29 is 8.42 Å². The Labute approximate surface area is 169 Å². The van der Waals surface area contributed by atoms with Gasteiger partial charge >= 0.3 is 0 Å². The summed E-state index contributed by atoms with van der Waals surface area (Å²) in [6.45, 7) is 2.63. The molecule has 0 atom stereocenters. The molecule has 0 amide bonds.